The van der Waals surface area contributed by atoms with Gasteiger partial charge in [0.2, 0.25) is 0 Å². The van der Waals surface area contributed by atoms with Crippen LogP contribution in [0.4, 0.5) is 0 Å². The number of benzene rings is 1. The minimum absolute atomic E-state index is 0.286. The zero-order valence-electron chi connectivity index (χ0n) is 14.6. The third-order valence-corrected chi connectivity index (χ3v) is 4.95. The van der Waals surface area contributed by atoms with E-state index in [4.69, 9.17) is 11.3 Å². The van der Waals surface area contributed by atoms with Crippen molar-refractivity contribution in [3.8, 4) is 11.3 Å². The van der Waals surface area contributed by atoms with Gasteiger partial charge in [-0.2, -0.15) is 5.10 Å². The number of hydrogen-bond acceptors (Lipinski definition) is 6. The van der Waals surface area contributed by atoms with Gasteiger partial charge in [0, 0.05) is 35.9 Å². The molecule has 134 valence electrons. The van der Waals surface area contributed by atoms with E-state index in [1.807, 2.05) is 30.3 Å². The average Bonchev–Trinajstić information content (AvgIpc) is 3.12. The van der Waals surface area contributed by atoms with Crippen molar-refractivity contribution in [2.75, 3.05) is 19.6 Å². The van der Waals surface area contributed by atoms with Crippen LogP contribution in [0.3, 0.4) is 0 Å². The van der Waals surface area contributed by atoms with Gasteiger partial charge in [-0.25, -0.2) is 5.01 Å². The topological polar surface area (TPSA) is 107 Å². The van der Waals surface area contributed by atoms with Crippen LogP contribution in [0, 0.1) is 5.41 Å². The Morgan fingerprint density at radius 2 is 2.12 bits per heavy atom. The monoisotopic (exact) mass is 349 g/mol. The van der Waals surface area contributed by atoms with E-state index in [1.165, 1.54) is 0 Å². The van der Waals surface area contributed by atoms with E-state index in [-0.39, 0.29) is 6.04 Å². The summed E-state index contributed by atoms with van der Waals surface area (Å²) in [4.78, 5) is 4.06. The Kier molecular flexibility index (Phi) is 4.75. The zero-order chi connectivity index (χ0) is 17.9. The molecule has 7 heteroatoms. The number of nitrogens with zero attached hydrogens (tertiary/aromatic N) is 3. The number of nitrogens with one attached hydrogen (secondary N) is 3. The van der Waals surface area contributed by atoms with Gasteiger partial charge < -0.3 is 10.7 Å². The van der Waals surface area contributed by atoms with E-state index in [1.54, 1.807) is 17.4 Å². The first-order valence-corrected chi connectivity index (χ1v) is 8.91. The Labute approximate surface area is 152 Å². The standard InChI is InChI=1S/C19H23N7/c20-17(12-26(21)15-2-1-7-23-11-15)14-3-4-18-16(10-14)19(25-24-18)13-5-8-22-9-6-13/h3-6,8-10,15,20,23H,1-2,7,11-12,21H2,(H,24,25)/t15-/m1/s1. The highest BCUT2D eigenvalue weighted by molar-refractivity contribution is 6.04. The van der Waals surface area contributed by atoms with Crippen molar-refractivity contribution in [1.82, 2.24) is 25.5 Å². The first-order valence-electron chi connectivity index (χ1n) is 8.91. The summed E-state index contributed by atoms with van der Waals surface area (Å²) in [5, 5.41) is 22.2. The Morgan fingerprint density at radius 1 is 1.27 bits per heavy atom. The molecule has 1 aliphatic heterocycles. The zero-order valence-corrected chi connectivity index (χ0v) is 14.6. The molecule has 26 heavy (non-hydrogen) atoms. The summed E-state index contributed by atoms with van der Waals surface area (Å²) in [6.07, 6.45) is 5.71. The van der Waals surface area contributed by atoms with Crippen molar-refractivity contribution in [2.24, 2.45) is 5.84 Å². The molecular weight excluding hydrogens is 326 g/mol. The highest BCUT2D eigenvalue weighted by atomic mass is 15.4. The van der Waals surface area contributed by atoms with E-state index >= 15 is 0 Å². The number of pyridine rings is 1. The van der Waals surface area contributed by atoms with Crippen LogP contribution in [-0.2, 0) is 0 Å². The van der Waals surface area contributed by atoms with Crippen molar-refractivity contribution < 1.29 is 0 Å². The van der Waals surface area contributed by atoms with Gasteiger partial charge in [-0.1, -0.05) is 6.07 Å². The summed E-state index contributed by atoms with van der Waals surface area (Å²) in [7, 11) is 0. The highest BCUT2D eigenvalue weighted by Crippen LogP contribution is 2.26. The van der Waals surface area contributed by atoms with E-state index < -0.39 is 0 Å². The molecule has 3 heterocycles. The van der Waals surface area contributed by atoms with Gasteiger partial charge in [-0.3, -0.25) is 15.9 Å². The third kappa shape index (κ3) is 3.37. The fraction of sp³-hybridized carbons (Fsp3) is 0.316. The number of piperidine rings is 1. The van der Waals surface area contributed by atoms with Crippen LogP contribution in [0.5, 0.6) is 0 Å². The molecule has 7 nitrogen and oxygen atoms in total. The van der Waals surface area contributed by atoms with Crippen molar-refractivity contribution in [1.29, 1.82) is 5.41 Å². The van der Waals surface area contributed by atoms with Crippen LogP contribution in [0.15, 0.2) is 42.7 Å². The molecule has 1 fully saturated rings. The van der Waals surface area contributed by atoms with Crippen molar-refractivity contribution in [2.45, 2.75) is 18.9 Å². The number of rotatable bonds is 5. The lowest BCUT2D eigenvalue weighted by Crippen LogP contribution is -2.51. The molecule has 0 bridgehead atoms. The summed E-state index contributed by atoms with van der Waals surface area (Å²) in [6, 6.07) is 10.1. The second-order valence-corrected chi connectivity index (χ2v) is 6.72. The van der Waals surface area contributed by atoms with Crippen LogP contribution < -0.4 is 11.2 Å². The molecule has 2 aromatic heterocycles. The maximum absolute atomic E-state index is 8.50. The fourth-order valence-electron chi connectivity index (χ4n) is 3.45. The Balaban J connectivity index is 1.57. The molecule has 0 spiro atoms. The van der Waals surface area contributed by atoms with Crippen LogP contribution in [-0.4, -0.2) is 51.6 Å². The predicted octanol–water partition coefficient (Wildman–Crippen LogP) is 1.92. The molecule has 0 unspecified atom stereocenters. The number of hydrazine groups is 1. The van der Waals surface area contributed by atoms with E-state index in [9.17, 15) is 0 Å². The Hall–Kier alpha value is -2.61. The quantitative estimate of drug-likeness (QED) is 0.320. The Morgan fingerprint density at radius 3 is 2.88 bits per heavy atom. The average molecular weight is 349 g/mol. The minimum atomic E-state index is 0.286. The van der Waals surface area contributed by atoms with Gasteiger partial charge in [0.25, 0.3) is 0 Å². The van der Waals surface area contributed by atoms with Gasteiger partial charge >= 0.3 is 0 Å². The van der Waals surface area contributed by atoms with E-state index in [0.717, 1.165) is 53.7 Å². The number of nitrogens with two attached hydrogens (primary N) is 1. The van der Waals surface area contributed by atoms with Crippen LogP contribution in [0.25, 0.3) is 22.2 Å². The molecule has 3 aromatic rings. The highest BCUT2D eigenvalue weighted by Gasteiger charge is 2.20. The number of aromatic nitrogens is 3. The van der Waals surface area contributed by atoms with Gasteiger partial charge in [-0.15, -0.1) is 0 Å². The normalized spacial score (nSPS) is 17.7. The summed E-state index contributed by atoms with van der Waals surface area (Å²) in [5.74, 6) is 6.23. The number of fused-ring (bicyclic) bond motifs is 1. The van der Waals surface area contributed by atoms with Crippen LogP contribution in [0.2, 0.25) is 0 Å². The first kappa shape index (κ1) is 16.8. The van der Waals surface area contributed by atoms with Gasteiger partial charge in [0.05, 0.1) is 17.8 Å². The van der Waals surface area contributed by atoms with Gasteiger partial charge in [-0.05, 0) is 49.2 Å². The molecule has 1 atom stereocenters. The molecule has 0 saturated carbocycles. The second kappa shape index (κ2) is 7.33. The first-order chi connectivity index (χ1) is 12.7. The predicted molar refractivity (Wildman–Crippen MR) is 103 cm³/mol. The van der Waals surface area contributed by atoms with E-state index in [0.29, 0.717) is 12.3 Å². The summed E-state index contributed by atoms with van der Waals surface area (Å²) in [6.45, 7) is 2.37. The molecule has 1 aliphatic rings. The maximum Gasteiger partial charge on any atom is 0.100 e. The van der Waals surface area contributed by atoms with Gasteiger partial charge in [0.15, 0.2) is 0 Å². The number of H-pyrrole nitrogens is 1. The number of hydrogen-bond donors (Lipinski definition) is 4. The summed E-state index contributed by atoms with van der Waals surface area (Å²) < 4.78 is 0. The minimum Gasteiger partial charge on any atom is -0.315 e. The molecule has 5 N–H and O–H groups in total. The molecular formula is C19H23N7. The van der Waals surface area contributed by atoms with Crippen molar-refractivity contribution in [3.63, 3.8) is 0 Å². The smallest absolute Gasteiger partial charge is 0.100 e. The molecule has 0 amide bonds. The lowest BCUT2D eigenvalue weighted by atomic mass is 10.0. The SMILES string of the molecule is N=C(CN(N)[C@@H]1CCCNC1)c1ccc2[nH]nc(-c3ccncc3)c2c1. The molecule has 0 radical (unpaired) electrons. The largest absolute Gasteiger partial charge is 0.315 e. The Bertz CT molecular complexity index is 897. The lowest BCUT2D eigenvalue weighted by Gasteiger charge is -2.31. The summed E-state index contributed by atoms with van der Waals surface area (Å²) >= 11 is 0. The fourth-order valence-corrected chi connectivity index (χ4v) is 3.45. The van der Waals surface area contributed by atoms with E-state index in [2.05, 4.69) is 20.5 Å². The third-order valence-electron chi connectivity index (χ3n) is 4.95. The van der Waals surface area contributed by atoms with Crippen LogP contribution in [0.1, 0.15) is 18.4 Å². The second-order valence-electron chi connectivity index (χ2n) is 6.72. The number of aromatic amines is 1. The molecule has 1 saturated heterocycles. The van der Waals surface area contributed by atoms with Crippen molar-refractivity contribution in [3.05, 3.63) is 48.3 Å². The maximum atomic E-state index is 8.50. The molecule has 0 aliphatic carbocycles. The molecule has 1 aromatic carbocycles. The van der Waals surface area contributed by atoms with Crippen LogP contribution >= 0.6 is 0 Å². The molecule has 4 rings (SSSR count). The van der Waals surface area contributed by atoms with Gasteiger partial charge in [0.1, 0.15) is 5.69 Å². The lowest BCUT2D eigenvalue weighted by molar-refractivity contribution is 0.192. The summed E-state index contributed by atoms with van der Waals surface area (Å²) in [5.41, 5.74) is 4.21. The van der Waals surface area contributed by atoms with Crippen molar-refractivity contribution >= 4 is 16.6 Å².